The number of carbonyl (C=O) groups excluding carboxylic acids is 2. The average Bonchev–Trinajstić information content (AvgIpc) is 3.26. The lowest BCUT2D eigenvalue weighted by molar-refractivity contribution is -0.156. The van der Waals surface area contributed by atoms with E-state index in [1.165, 1.54) is 18.4 Å². The SMILES string of the molecule is COC(=O)c1c(-c2cccc3ccccc23)csc1NC(=O)[C@@H]1C2CCC(CC2)[C@H]1C(=O)O. The number of anilines is 1. The van der Waals surface area contributed by atoms with Gasteiger partial charge in [-0.15, -0.1) is 11.3 Å². The van der Waals surface area contributed by atoms with Gasteiger partial charge < -0.3 is 15.2 Å². The molecule has 2 aromatic carbocycles. The van der Waals surface area contributed by atoms with Gasteiger partial charge in [0.1, 0.15) is 10.6 Å². The number of amides is 1. The number of methoxy groups -OCH3 is 1. The van der Waals surface area contributed by atoms with Crippen LogP contribution >= 0.6 is 11.3 Å². The molecule has 7 heteroatoms. The summed E-state index contributed by atoms with van der Waals surface area (Å²) >= 11 is 1.27. The van der Waals surface area contributed by atoms with E-state index in [4.69, 9.17) is 4.74 Å². The van der Waals surface area contributed by atoms with Gasteiger partial charge in [0.05, 0.1) is 18.9 Å². The van der Waals surface area contributed by atoms with Crippen molar-refractivity contribution in [3.63, 3.8) is 0 Å². The predicted molar refractivity (Wildman–Crippen MR) is 127 cm³/mol. The molecule has 33 heavy (non-hydrogen) atoms. The zero-order valence-electron chi connectivity index (χ0n) is 18.2. The number of benzene rings is 2. The van der Waals surface area contributed by atoms with Crippen molar-refractivity contribution in [3.05, 3.63) is 53.4 Å². The second-order valence-electron chi connectivity index (χ2n) is 8.93. The molecule has 0 aliphatic heterocycles. The second-order valence-corrected chi connectivity index (χ2v) is 9.81. The van der Waals surface area contributed by atoms with Gasteiger partial charge in [-0.1, -0.05) is 42.5 Å². The predicted octanol–water partition coefficient (Wildman–Crippen LogP) is 5.43. The third-order valence-corrected chi connectivity index (χ3v) is 8.20. The molecule has 0 saturated heterocycles. The van der Waals surface area contributed by atoms with E-state index in [-0.39, 0.29) is 17.7 Å². The number of aliphatic carboxylic acids is 1. The monoisotopic (exact) mass is 463 g/mol. The number of hydrogen-bond donors (Lipinski definition) is 2. The van der Waals surface area contributed by atoms with Gasteiger partial charge in [-0.2, -0.15) is 0 Å². The normalized spacial score (nSPS) is 23.9. The number of thiophene rings is 1. The van der Waals surface area contributed by atoms with Crippen molar-refractivity contribution in [1.29, 1.82) is 0 Å². The first kappa shape index (κ1) is 21.6. The van der Waals surface area contributed by atoms with Crippen LogP contribution in [-0.2, 0) is 14.3 Å². The zero-order valence-corrected chi connectivity index (χ0v) is 19.1. The molecule has 1 heterocycles. The lowest BCUT2D eigenvalue weighted by atomic mass is 9.58. The van der Waals surface area contributed by atoms with Crippen LogP contribution in [0.2, 0.25) is 0 Å². The molecule has 1 amide bonds. The quantitative estimate of drug-likeness (QED) is 0.492. The Morgan fingerprint density at radius 2 is 1.61 bits per heavy atom. The zero-order chi connectivity index (χ0) is 23.1. The van der Waals surface area contributed by atoms with Crippen LogP contribution in [0.15, 0.2) is 47.8 Å². The number of carboxylic acid groups (broad SMARTS) is 1. The molecule has 170 valence electrons. The van der Waals surface area contributed by atoms with Crippen molar-refractivity contribution in [3.8, 4) is 11.1 Å². The number of hydrogen-bond acceptors (Lipinski definition) is 5. The third-order valence-electron chi connectivity index (χ3n) is 7.30. The molecular weight excluding hydrogens is 438 g/mol. The first-order valence-electron chi connectivity index (χ1n) is 11.2. The highest BCUT2D eigenvalue weighted by molar-refractivity contribution is 7.15. The average molecular weight is 464 g/mol. The summed E-state index contributed by atoms with van der Waals surface area (Å²) in [6, 6.07) is 13.8. The van der Waals surface area contributed by atoms with Gasteiger partial charge in [0.25, 0.3) is 0 Å². The van der Waals surface area contributed by atoms with E-state index in [1.54, 1.807) is 0 Å². The summed E-state index contributed by atoms with van der Waals surface area (Å²) in [6.45, 7) is 0. The van der Waals surface area contributed by atoms with Gasteiger partial charge >= 0.3 is 11.9 Å². The Balaban J connectivity index is 1.53. The number of carboxylic acids is 1. The molecule has 3 aliphatic carbocycles. The molecular formula is C26H25NO5S. The van der Waals surface area contributed by atoms with Crippen molar-refractivity contribution in [2.45, 2.75) is 25.7 Å². The Morgan fingerprint density at radius 3 is 2.30 bits per heavy atom. The molecule has 2 atom stereocenters. The van der Waals surface area contributed by atoms with Crippen LogP contribution in [0, 0.1) is 23.7 Å². The van der Waals surface area contributed by atoms with Crippen LogP contribution in [-0.4, -0.2) is 30.1 Å². The summed E-state index contributed by atoms with van der Waals surface area (Å²) in [5.74, 6) is -2.89. The fourth-order valence-corrected chi connectivity index (χ4v) is 6.74. The fourth-order valence-electron chi connectivity index (χ4n) is 5.79. The highest BCUT2D eigenvalue weighted by Gasteiger charge is 2.50. The summed E-state index contributed by atoms with van der Waals surface area (Å²) in [6.07, 6.45) is 3.48. The van der Waals surface area contributed by atoms with Gasteiger partial charge in [0, 0.05) is 10.9 Å². The number of esters is 1. The standard InChI is InChI=1S/C26H25NO5S/c1-32-26(31)22-19(18-8-4-6-14-5-2-3-7-17(14)18)13-33-24(22)27-23(28)20-15-9-11-16(12-10-15)21(20)25(29)30/h2-8,13,15-16,20-21H,9-12H2,1H3,(H,27,28)(H,29,30)/t15?,16?,20-,21-/m1/s1. The fraction of sp³-hybridized carbons (Fsp3) is 0.346. The molecule has 3 aromatic rings. The van der Waals surface area contributed by atoms with E-state index in [2.05, 4.69) is 5.32 Å². The number of fused-ring (bicyclic) bond motifs is 4. The van der Waals surface area contributed by atoms with Crippen LogP contribution < -0.4 is 5.32 Å². The van der Waals surface area contributed by atoms with Gasteiger partial charge in [-0.25, -0.2) is 4.79 Å². The largest absolute Gasteiger partial charge is 0.481 e. The molecule has 2 N–H and O–H groups in total. The van der Waals surface area contributed by atoms with Crippen molar-refractivity contribution < 1.29 is 24.2 Å². The van der Waals surface area contributed by atoms with Crippen molar-refractivity contribution in [2.24, 2.45) is 23.7 Å². The van der Waals surface area contributed by atoms with Crippen LogP contribution in [0.1, 0.15) is 36.0 Å². The minimum Gasteiger partial charge on any atom is -0.481 e. The van der Waals surface area contributed by atoms with Crippen LogP contribution in [0.4, 0.5) is 5.00 Å². The van der Waals surface area contributed by atoms with Crippen molar-refractivity contribution in [1.82, 2.24) is 0 Å². The first-order valence-corrected chi connectivity index (χ1v) is 12.1. The Labute approximate surface area is 195 Å². The molecule has 3 aliphatic rings. The maximum Gasteiger partial charge on any atom is 0.341 e. The number of ether oxygens (including phenoxy) is 1. The van der Waals surface area contributed by atoms with Gasteiger partial charge in [0.2, 0.25) is 5.91 Å². The molecule has 3 saturated carbocycles. The number of carbonyl (C=O) groups is 3. The molecule has 0 unspecified atom stereocenters. The molecule has 6 nitrogen and oxygen atoms in total. The Kier molecular flexibility index (Phi) is 5.66. The summed E-state index contributed by atoms with van der Waals surface area (Å²) in [4.78, 5) is 38.2. The summed E-state index contributed by atoms with van der Waals surface area (Å²) < 4.78 is 5.07. The Morgan fingerprint density at radius 1 is 0.939 bits per heavy atom. The van der Waals surface area contributed by atoms with E-state index >= 15 is 0 Å². The van der Waals surface area contributed by atoms with Crippen LogP contribution in [0.5, 0.6) is 0 Å². The minimum atomic E-state index is -0.902. The summed E-state index contributed by atoms with van der Waals surface area (Å²) in [5.41, 5.74) is 1.88. The molecule has 0 spiro atoms. The lowest BCUT2D eigenvalue weighted by Gasteiger charge is -2.45. The third kappa shape index (κ3) is 3.70. The highest BCUT2D eigenvalue weighted by atomic mass is 32.1. The Bertz CT molecular complexity index is 1240. The molecule has 1 aromatic heterocycles. The van der Waals surface area contributed by atoms with Gasteiger partial charge in [-0.05, 0) is 53.9 Å². The van der Waals surface area contributed by atoms with Crippen molar-refractivity contribution >= 4 is 45.0 Å². The molecule has 6 rings (SSSR count). The van der Waals surface area contributed by atoms with Crippen molar-refractivity contribution in [2.75, 3.05) is 12.4 Å². The van der Waals surface area contributed by atoms with E-state index in [1.807, 2.05) is 47.8 Å². The summed E-state index contributed by atoms with van der Waals surface area (Å²) in [5, 5.41) is 17.0. The number of nitrogens with one attached hydrogen (secondary N) is 1. The lowest BCUT2D eigenvalue weighted by Crippen LogP contribution is -2.49. The maximum absolute atomic E-state index is 13.4. The smallest absolute Gasteiger partial charge is 0.341 e. The van der Waals surface area contributed by atoms with Gasteiger partial charge in [0.15, 0.2) is 0 Å². The Hall–Kier alpha value is -3.19. The van der Waals surface area contributed by atoms with E-state index in [9.17, 15) is 19.5 Å². The molecule has 2 bridgehead atoms. The topological polar surface area (TPSA) is 92.7 Å². The second kappa shape index (κ2) is 8.63. The first-order chi connectivity index (χ1) is 16.0. The maximum atomic E-state index is 13.4. The number of rotatable bonds is 5. The highest BCUT2D eigenvalue weighted by Crippen LogP contribution is 2.50. The van der Waals surface area contributed by atoms with E-state index < -0.39 is 23.8 Å². The van der Waals surface area contributed by atoms with E-state index in [0.29, 0.717) is 16.1 Å². The van der Waals surface area contributed by atoms with Gasteiger partial charge in [-0.3, -0.25) is 9.59 Å². The summed E-state index contributed by atoms with van der Waals surface area (Å²) in [7, 11) is 1.32. The van der Waals surface area contributed by atoms with Crippen LogP contribution in [0.3, 0.4) is 0 Å². The van der Waals surface area contributed by atoms with E-state index in [0.717, 1.165) is 42.0 Å². The molecule has 0 radical (unpaired) electrons. The molecule has 3 fully saturated rings. The minimum absolute atomic E-state index is 0.0397. The van der Waals surface area contributed by atoms with Crippen LogP contribution in [0.25, 0.3) is 21.9 Å².